The molecular formula is C22H25N3O2S. The van der Waals surface area contributed by atoms with Gasteiger partial charge in [0, 0.05) is 29.9 Å². The summed E-state index contributed by atoms with van der Waals surface area (Å²) in [4.78, 5) is 21.8. The summed E-state index contributed by atoms with van der Waals surface area (Å²) in [5, 5.41) is 3.96. The van der Waals surface area contributed by atoms with E-state index in [0.29, 0.717) is 18.0 Å². The fraction of sp³-hybridized carbons (Fsp3) is 0.318. The molecule has 1 N–H and O–H groups in total. The molecule has 0 saturated carbocycles. The Kier molecular flexibility index (Phi) is 6.09. The number of aromatic nitrogens is 2. The van der Waals surface area contributed by atoms with Gasteiger partial charge in [0.25, 0.3) is 5.91 Å². The number of rotatable bonds is 6. The molecule has 146 valence electrons. The van der Waals surface area contributed by atoms with E-state index in [1.54, 1.807) is 12.4 Å². The lowest BCUT2D eigenvalue weighted by atomic mass is 9.98. The second kappa shape index (κ2) is 8.52. The molecule has 1 aromatic carbocycles. The van der Waals surface area contributed by atoms with Crippen molar-refractivity contribution in [2.75, 3.05) is 0 Å². The third-order valence-corrected chi connectivity index (χ3v) is 5.73. The van der Waals surface area contributed by atoms with E-state index in [4.69, 9.17) is 4.74 Å². The fourth-order valence-electron chi connectivity index (χ4n) is 2.54. The van der Waals surface area contributed by atoms with E-state index in [-0.39, 0.29) is 11.3 Å². The number of aryl methyl sites for hydroxylation is 1. The van der Waals surface area contributed by atoms with Gasteiger partial charge in [-0.05, 0) is 30.7 Å². The fourth-order valence-corrected chi connectivity index (χ4v) is 3.58. The van der Waals surface area contributed by atoms with Crippen molar-refractivity contribution in [1.29, 1.82) is 0 Å². The molecule has 0 aliphatic rings. The van der Waals surface area contributed by atoms with Gasteiger partial charge in [0.2, 0.25) is 0 Å². The molecule has 3 aromatic rings. The van der Waals surface area contributed by atoms with Crippen molar-refractivity contribution in [1.82, 2.24) is 15.3 Å². The first kappa shape index (κ1) is 20.0. The summed E-state index contributed by atoms with van der Waals surface area (Å²) in [7, 11) is 0. The molecule has 0 saturated heterocycles. The van der Waals surface area contributed by atoms with Crippen molar-refractivity contribution in [3.8, 4) is 5.75 Å². The predicted octanol–water partition coefficient (Wildman–Crippen LogP) is 4.65. The summed E-state index contributed by atoms with van der Waals surface area (Å²) in [5.41, 5.74) is 2.76. The predicted molar refractivity (Wildman–Crippen MR) is 112 cm³/mol. The van der Waals surface area contributed by atoms with Crippen molar-refractivity contribution in [3.05, 3.63) is 75.5 Å². The van der Waals surface area contributed by atoms with Crippen LogP contribution in [0.15, 0.2) is 48.8 Å². The molecule has 0 fully saturated rings. The van der Waals surface area contributed by atoms with E-state index in [2.05, 4.69) is 36.1 Å². The number of nitrogens with one attached hydrogen (secondary N) is 1. The van der Waals surface area contributed by atoms with Crippen LogP contribution in [0.1, 0.15) is 52.3 Å². The molecule has 5 nitrogen and oxygen atoms in total. The third kappa shape index (κ3) is 5.16. The summed E-state index contributed by atoms with van der Waals surface area (Å²) < 4.78 is 5.76. The van der Waals surface area contributed by atoms with Crippen LogP contribution in [0.5, 0.6) is 5.75 Å². The zero-order valence-electron chi connectivity index (χ0n) is 16.7. The van der Waals surface area contributed by atoms with Crippen molar-refractivity contribution >= 4 is 17.2 Å². The minimum Gasteiger partial charge on any atom is -0.489 e. The Morgan fingerprint density at radius 1 is 1.14 bits per heavy atom. The second-order valence-electron chi connectivity index (χ2n) is 7.66. The van der Waals surface area contributed by atoms with Gasteiger partial charge >= 0.3 is 0 Å². The molecule has 28 heavy (non-hydrogen) atoms. The van der Waals surface area contributed by atoms with E-state index in [0.717, 1.165) is 27.6 Å². The first-order chi connectivity index (χ1) is 13.3. The van der Waals surface area contributed by atoms with Crippen molar-refractivity contribution in [3.63, 3.8) is 0 Å². The molecule has 6 heteroatoms. The van der Waals surface area contributed by atoms with Crippen LogP contribution in [-0.2, 0) is 18.6 Å². The Balaban J connectivity index is 1.55. The van der Waals surface area contributed by atoms with Gasteiger partial charge in [-0.15, -0.1) is 11.3 Å². The quantitative estimate of drug-likeness (QED) is 0.660. The molecule has 0 spiro atoms. The van der Waals surface area contributed by atoms with Crippen LogP contribution in [0.4, 0.5) is 0 Å². The zero-order chi connectivity index (χ0) is 20.1. The Morgan fingerprint density at radius 2 is 1.89 bits per heavy atom. The van der Waals surface area contributed by atoms with Gasteiger partial charge in [0.05, 0.1) is 10.7 Å². The molecular weight excluding hydrogens is 370 g/mol. The molecule has 0 radical (unpaired) electrons. The largest absolute Gasteiger partial charge is 0.489 e. The number of ether oxygens (including phenoxy) is 1. The summed E-state index contributed by atoms with van der Waals surface area (Å²) in [6, 6.07) is 11.6. The molecule has 0 aliphatic carbocycles. The maximum Gasteiger partial charge on any atom is 0.263 e. The molecule has 0 unspecified atom stereocenters. The van der Waals surface area contributed by atoms with Gasteiger partial charge in [-0.3, -0.25) is 9.78 Å². The molecule has 1 amide bonds. The second-order valence-corrected chi connectivity index (χ2v) is 8.66. The van der Waals surface area contributed by atoms with Gasteiger partial charge in [-0.25, -0.2) is 4.98 Å². The monoisotopic (exact) mass is 395 g/mol. The molecule has 3 rings (SSSR count). The topological polar surface area (TPSA) is 64.1 Å². The standard InChI is InChI=1S/C22H25N3O2S/c1-15-19(28-21(25-15)22(2,3)4)20(26)24-13-16-7-9-18(10-8-16)27-14-17-6-5-11-23-12-17/h5-12H,13-14H2,1-4H3,(H,24,26). The van der Waals surface area contributed by atoms with Gasteiger partial charge in [0.1, 0.15) is 17.2 Å². The molecule has 0 aliphatic heterocycles. The summed E-state index contributed by atoms with van der Waals surface area (Å²) in [6.07, 6.45) is 3.53. The highest BCUT2D eigenvalue weighted by Gasteiger charge is 2.22. The highest BCUT2D eigenvalue weighted by Crippen LogP contribution is 2.29. The maximum atomic E-state index is 12.5. The number of amides is 1. The number of hydrogen-bond acceptors (Lipinski definition) is 5. The minimum absolute atomic E-state index is 0.0560. The molecule has 0 atom stereocenters. The maximum absolute atomic E-state index is 12.5. The highest BCUT2D eigenvalue weighted by atomic mass is 32.1. The Bertz CT molecular complexity index is 929. The Morgan fingerprint density at radius 3 is 2.50 bits per heavy atom. The Hall–Kier alpha value is -2.73. The number of benzene rings is 1. The van der Waals surface area contributed by atoms with Crippen LogP contribution in [0.25, 0.3) is 0 Å². The van der Waals surface area contributed by atoms with Crippen LogP contribution in [0.2, 0.25) is 0 Å². The lowest BCUT2D eigenvalue weighted by Crippen LogP contribution is -2.22. The lowest BCUT2D eigenvalue weighted by molar-refractivity contribution is 0.0954. The van der Waals surface area contributed by atoms with Gasteiger partial charge < -0.3 is 10.1 Å². The van der Waals surface area contributed by atoms with Crippen LogP contribution >= 0.6 is 11.3 Å². The van der Waals surface area contributed by atoms with E-state index < -0.39 is 0 Å². The van der Waals surface area contributed by atoms with Crippen LogP contribution in [0, 0.1) is 6.92 Å². The van der Waals surface area contributed by atoms with Crippen LogP contribution in [0.3, 0.4) is 0 Å². The SMILES string of the molecule is Cc1nc(C(C)(C)C)sc1C(=O)NCc1ccc(OCc2cccnc2)cc1. The summed E-state index contributed by atoms with van der Waals surface area (Å²) in [6.45, 7) is 9.13. The smallest absolute Gasteiger partial charge is 0.263 e. The van der Waals surface area contributed by atoms with E-state index in [1.165, 1.54) is 11.3 Å². The molecule has 2 aromatic heterocycles. The normalized spacial score (nSPS) is 11.3. The number of hydrogen-bond donors (Lipinski definition) is 1. The van der Waals surface area contributed by atoms with Gasteiger partial charge in [0.15, 0.2) is 0 Å². The summed E-state index contributed by atoms with van der Waals surface area (Å²) >= 11 is 1.47. The first-order valence-corrected chi connectivity index (χ1v) is 10.0. The van der Waals surface area contributed by atoms with E-state index in [9.17, 15) is 4.79 Å². The van der Waals surface area contributed by atoms with Crippen molar-refractivity contribution in [2.24, 2.45) is 0 Å². The van der Waals surface area contributed by atoms with Gasteiger partial charge in [-0.1, -0.05) is 39.0 Å². The lowest BCUT2D eigenvalue weighted by Gasteiger charge is -2.13. The average Bonchev–Trinajstić information content (AvgIpc) is 3.08. The number of thiazole rings is 1. The number of carbonyl (C=O) groups excluding carboxylic acids is 1. The summed E-state index contributed by atoms with van der Waals surface area (Å²) in [5.74, 6) is 0.703. The zero-order valence-corrected chi connectivity index (χ0v) is 17.5. The molecule has 0 bridgehead atoms. The number of pyridine rings is 1. The van der Waals surface area contributed by atoms with Crippen molar-refractivity contribution in [2.45, 2.75) is 46.3 Å². The minimum atomic E-state index is -0.0811. The van der Waals surface area contributed by atoms with E-state index >= 15 is 0 Å². The Labute approximate surface area is 169 Å². The van der Waals surface area contributed by atoms with Crippen LogP contribution in [-0.4, -0.2) is 15.9 Å². The number of carbonyl (C=O) groups is 1. The number of nitrogens with zero attached hydrogens (tertiary/aromatic N) is 2. The third-order valence-electron chi connectivity index (χ3n) is 4.15. The molecule has 2 heterocycles. The average molecular weight is 396 g/mol. The van der Waals surface area contributed by atoms with E-state index in [1.807, 2.05) is 43.3 Å². The van der Waals surface area contributed by atoms with Gasteiger partial charge in [-0.2, -0.15) is 0 Å². The highest BCUT2D eigenvalue weighted by molar-refractivity contribution is 7.14. The van der Waals surface area contributed by atoms with Crippen LogP contribution < -0.4 is 10.1 Å². The first-order valence-electron chi connectivity index (χ1n) is 9.19. The van der Waals surface area contributed by atoms with Crippen molar-refractivity contribution < 1.29 is 9.53 Å².